The molecule has 35 heavy (non-hydrogen) atoms. The van der Waals surface area contributed by atoms with Crippen molar-refractivity contribution in [2.24, 2.45) is 5.92 Å². The topological polar surface area (TPSA) is 152 Å². The highest BCUT2D eigenvalue weighted by molar-refractivity contribution is 7.86. The van der Waals surface area contributed by atoms with Crippen LogP contribution in [0.1, 0.15) is 25.8 Å². The molecule has 0 aliphatic carbocycles. The van der Waals surface area contributed by atoms with Crippen LogP contribution in [0.3, 0.4) is 0 Å². The summed E-state index contributed by atoms with van der Waals surface area (Å²) in [5.74, 6) is -6.16. The van der Waals surface area contributed by atoms with E-state index in [0.29, 0.717) is 0 Å². The van der Waals surface area contributed by atoms with Gasteiger partial charge in [-0.3, -0.25) is 18.6 Å². The van der Waals surface area contributed by atoms with Crippen molar-refractivity contribution in [1.29, 1.82) is 0 Å². The van der Waals surface area contributed by atoms with Gasteiger partial charge in [0.05, 0.1) is 31.6 Å². The minimum absolute atomic E-state index is 0.00207. The molecule has 1 amide bonds. The Bertz CT molecular complexity index is 1050. The number of hydrogen-bond acceptors (Lipinski definition) is 11. The number of esters is 2. The van der Waals surface area contributed by atoms with Crippen LogP contribution in [0.4, 0.5) is 4.79 Å². The summed E-state index contributed by atoms with van der Waals surface area (Å²) in [5.41, 5.74) is 0.761. The van der Waals surface area contributed by atoms with E-state index in [1.165, 1.54) is 18.7 Å². The largest absolute Gasteiger partial charge is 0.445 e. The van der Waals surface area contributed by atoms with Gasteiger partial charge in [-0.25, -0.2) is 4.79 Å². The zero-order valence-corrected chi connectivity index (χ0v) is 20.3. The second kappa shape index (κ2) is 10.7. The average molecular weight is 514 g/mol. The number of carbonyl (C=O) groups is 4. The molecule has 1 aromatic carbocycles. The zero-order chi connectivity index (χ0) is 25.8. The first-order valence-electron chi connectivity index (χ1n) is 10.8. The molecule has 0 radical (unpaired) electrons. The highest BCUT2D eigenvalue weighted by Crippen LogP contribution is 2.25. The van der Waals surface area contributed by atoms with Crippen LogP contribution in [-0.2, 0) is 54.2 Å². The maximum absolute atomic E-state index is 12.7. The summed E-state index contributed by atoms with van der Waals surface area (Å²) >= 11 is 0. The fourth-order valence-electron chi connectivity index (χ4n) is 3.74. The van der Waals surface area contributed by atoms with Crippen LogP contribution < -0.4 is 0 Å². The number of Topliss-reactive ketones (excluding diaryl/α,β-unsaturated/α-hetero) is 1. The van der Waals surface area contributed by atoms with Crippen LogP contribution in [0.5, 0.6) is 0 Å². The predicted molar refractivity (Wildman–Crippen MR) is 117 cm³/mol. The van der Waals surface area contributed by atoms with Gasteiger partial charge in [0.15, 0.2) is 5.78 Å². The number of ether oxygens (including phenoxy) is 4. The summed E-state index contributed by atoms with van der Waals surface area (Å²) in [7, 11) is -3.78. The van der Waals surface area contributed by atoms with Crippen molar-refractivity contribution in [1.82, 2.24) is 4.90 Å². The van der Waals surface area contributed by atoms with Gasteiger partial charge in [-0.05, 0) is 12.0 Å². The van der Waals surface area contributed by atoms with Gasteiger partial charge in [0.25, 0.3) is 15.9 Å². The van der Waals surface area contributed by atoms with Crippen LogP contribution in [0, 0.1) is 5.92 Å². The number of carbonyl (C=O) groups excluding carboxylic acids is 4. The summed E-state index contributed by atoms with van der Waals surface area (Å²) in [6.07, 6.45) is -0.542. The quantitative estimate of drug-likeness (QED) is 0.262. The fourth-order valence-corrected chi connectivity index (χ4v) is 4.37. The Hall–Kier alpha value is -3.03. The van der Waals surface area contributed by atoms with Gasteiger partial charge in [0.2, 0.25) is 5.92 Å². The van der Waals surface area contributed by atoms with E-state index in [2.05, 4.69) is 0 Å². The molecule has 12 nitrogen and oxygen atoms in total. The Morgan fingerprint density at radius 3 is 2.34 bits per heavy atom. The van der Waals surface area contributed by atoms with Crippen LogP contribution >= 0.6 is 0 Å². The number of nitrogens with zero attached hydrogens (tertiary/aromatic N) is 1. The molecule has 0 spiro atoms. The summed E-state index contributed by atoms with van der Waals surface area (Å²) < 4.78 is 48.7. The number of rotatable bonds is 9. The first-order chi connectivity index (χ1) is 16.3. The summed E-state index contributed by atoms with van der Waals surface area (Å²) in [6, 6.07) is 8.29. The van der Waals surface area contributed by atoms with Crippen molar-refractivity contribution >= 4 is 33.9 Å². The maximum Gasteiger partial charge on any atom is 0.410 e. The van der Waals surface area contributed by atoms with Crippen LogP contribution in [0.15, 0.2) is 30.3 Å². The Balaban J connectivity index is 1.59. The second-order valence-electron chi connectivity index (χ2n) is 8.66. The normalized spacial score (nSPS) is 22.4. The number of likely N-dealkylation sites (tertiary alicyclic amines) is 1. The van der Waals surface area contributed by atoms with Crippen molar-refractivity contribution in [3.05, 3.63) is 35.9 Å². The summed E-state index contributed by atoms with van der Waals surface area (Å²) in [6.45, 7) is 1.83. The van der Waals surface area contributed by atoms with Gasteiger partial charge in [0.1, 0.15) is 13.2 Å². The Morgan fingerprint density at radius 1 is 1.11 bits per heavy atom. The van der Waals surface area contributed by atoms with Crippen molar-refractivity contribution in [2.75, 3.05) is 26.0 Å². The molecule has 0 bridgehead atoms. The average Bonchev–Trinajstić information content (AvgIpc) is 3.12. The van der Waals surface area contributed by atoms with Crippen molar-refractivity contribution in [3.8, 4) is 0 Å². The molecular formula is C22H27NO11S. The van der Waals surface area contributed by atoms with Crippen LogP contribution in [0.2, 0.25) is 0 Å². The van der Waals surface area contributed by atoms with Crippen molar-refractivity contribution in [3.63, 3.8) is 0 Å². The van der Waals surface area contributed by atoms with Crippen molar-refractivity contribution < 1.29 is 50.7 Å². The van der Waals surface area contributed by atoms with Crippen molar-refractivity contribution in [2.45, 2.75) is 44.8 Å². The molecular weight excluding hydrogens is 486 g/mol. The first kappa shape index (κ1) is 26.6. The van der Waals surface area contributed by atoms with E-state index in [1.54, 1.807) is 24.3 Å². The number of ketones is 1. The van der Waals surface area contributed by atoms with Crippen LogP contribution in [-0.4, -0.2) is 81.1 Å². The van der Waals surface area contributed by atoms with E-state index in [0.717, 1.165) is 11.8 Å². The molecule has 0 aromatic heterocycles. The van der Waals surface area contributed by atoms with Gasteiger partial charge < -0.3 is 23.8 Å². The number of benzene rings is 1. The molecule has 2 atom stereocenters. The van der Waals surface area contributed by atoms with Crippen LogP contribution in [0.25, 0.3) is 0 Å². The van der Waals surface area contributed by atoms with Gasteiger partial charge in [0, 0.05) is 13.8 Å². The number of cyclic esters (lactones) is 2. The third-order valence-corrected chi connectivity index (χ3v) is 5.79. The number of hydrogen-bond donors (Lipinski definition) is 0. The molecule has 2 aliphatic rings. The summed E-state index contributed by atoms with van der Waals surface area (Å²) in [4.78, 5) is 50.4. The smallest absolute Gasteiger partial charge is 0.410 e. The lowest BCUT2D eigenvalue weighted by Gasteiger charge is -2.32. The molecule has 2 fully saturated rings. The SMILES string of the molecule is CC1(C)OC(=O)C(C(=O)COCC2CC(OS(C)(=O)=O)CN2C(=O)OCc2ccccc2)C(=O)O1. The highest BCUT2D eigenvalue weighted by Gasteiger charge is 2.47. The standard InChI is InChI=1S/C22H27NO11S/c1-22(2)32-19(25)18(20(26)33-22)17(24)13-30-12-15-9-16(34-35(3,28)29)10-23(15)21(27)31-11-14-7-5-4-6-8-14/h4-8,15-16,18H,9-13H2,1-3H3. The van der Waals surface area contributed by atoms with Gasteiger partial charge in [-0.1, -0.05) is 30.3 Å². The molecule has 2 saturated heterocycles. The Kier molecular flexibility index (Phi) is 8.13. The molecule has 3 rings (SSSR count). The number of amides is 1. The first-order valence-corrected chi connectivity index (χ1v) is 12.6. The molecule has 2 unspecified atom stereocenters. The molecule has 2 aliphatic heterocycles. The predicted octanol–water partition coefficient (Wildman–Crippen LogP) is 0.780. The lowest BCUT2D eigenvalue weighted by Crippen LogP contribution is -2.50. The molecule has 13 heteroatoms. The molecule has 0 N–H and O–H groups in total. The maximum atomic E-state index is 12.7. The van der Waals surface area contributed by atoms with E-state index < -0.39 is 64.4 Å². The molecule has 0 saturated carbocycles. The minimum atomic E-state index is -3.78. The van der Waals surface area contributed by atoms with E-state index in [1.807, 2.05) is 6.07 Å². The highest BCUT2D eigenvalue weighted by atomic mass is 32.2. The van der Waals surface area contributed by atoms with E-state index in [4.69, 9.17) is 23.1 Å². The molecule has 2 heterocycles. The third-order valence-electron chi connectivity index (χ3n) is 5.17. The molecule has 1 aromatic rings. The fraction of sp³-hybridized carbons (Fsp3) is 0.545. The van der Waals surface area contributed by atoms with Gasteiger partial charge in [-0.15, -0.1) is 0 Å². The minimum Gasteiger partial charge on any atom is -0.445 e. The van der Waals surface area contributed by atoms with E-state index in [-0.39, 0.29) is 26.2 Å². The molecule has 192 valence electrons. The zero-order valence-electron chi connectivity index (χ0n) is 19.5. The second-order valence-corrected chi connectivity index (χ2v) is 10.3. The monoisotopic (exact) mass is 513 g/mol. The van der Waals surface area contributed by atoms with Gasteiger partial charge >= 0.3 is 18.0 Å². The van der Waals surface area contributed by atoms with Gasteiger partial charge in [-0.2, -0.15) is 8.42 Å². The summed E-state index contributed by atoms with van der Waals surface area (Å²) in [5, 5.41) is 0. The van der Waals surface area contributed by atoms with E-state index in [9.17, 15) is 27.6 Å². The Morgan fingerprint density at radius 2 is 1.74 bits per heavy atom. The third kappa shape index (κ3) is 7.47. The van der Waals surface area contributed by atoms with E-state index >= 15 is 0 Å². The Labute approximate surface area is 202 Å². The lowest BCUT2D eigenvalue weighted by molar-refractivity contribution is -0.238. The lowest BCUT2D eigenvalue weighted by atomic mass is 10.0.